The molecule has 138 valence electrons. The van der Waals surface area contributed by atoms with Crippen LogP contribution in [-0.2, 0) is 17.8 Å². The van der Waals surface area contributed by atoms with Gasteiger partial charge in [-0.05, 0) is 36.2 Å². The van der Waals surface area contributed by atoms with Gasteiger partial charge >= 0.3 is 5.97 Å². The Morgan fingerprint density at radius 2 is 1.81 bits per heavy atom. The highest BCUT2D eigenvalue weighted by molar-refractivity contribution is 5.87. The number of H-pyrrole nitrogens is 1. The summed E-state index contributed by atoms with van der Waals surface area (Å²) in [5.74, 6) is -0.526. The molecule has 0 aliphatic carbocycles. The van der Waals surface area contributed by atoms with E-state index in [1.807, 2.05) is 6.07 Å². The number of carboxylic acids is 1. The summed E-state index contributed by atoms with van der Waals surface area (Å²) in [6, 6.07) is 13.5. The normalized spacial score (nSPS) is 10.7. The fourth-order valence-electron chi connectivity index (χ4n) is 2.72. The maximum atomic E-state index is 12.0. The third-order valence-corrected chi connectivity index (χ3v) is 4.17. The van der Waals surface area contributed by atoms with Crippen LogP contribution >= 0.6 is 0 Å². The van der Waals surface area contributed by atoms with Gasteiger partial charge in [-0.1, -0.05) is 24.3 Å². The van der Waals surface area contributed by atoms with E-state index in [9.17, 15) is 14.4 Å². The molecule has 1 amide bonds. The van der Waals surface area contributed by atoms with Crippen LogP contribution < -0.4 is 10.9 Å². The highest BCUT2D eigenvalue weighted by atomic mass is 16.4. The molecule has 0 fully saturated rings. The second-order valence-electron chi connectivity index (χ2n) is 6.16. The molecule has 7 heteroatoms. The molecular weight excluding hydrogens is 346 g/mol. The van der Waals surface area contributed by atoms with Gasteiger partial charge in [0, 0.05) is 19.4 Å². The smallest absolute Gasteiger partial charge is 0.335 e. The molecule has 0 atom stereocenters. The SMILES string of the molecule is O=C(CCCc1nc2ccccc2c(=O)[nH]1)NCc1ccc(C(=O)O)cc1. The number of nitrogens with one attached hydrogen (secondary N) is 2. The lowest BCUT2D eigenvalue weighted by Gasteiger charge is -2.06. The molecule has 1 heterocycles. The lowest BCUT2D eigenvalue weighted by Crippen LogP contribution is -2.22. The van der Waals surface area contributed by atoms with Crippen molar-refractivity contribution < 1.29 is 14.7 Å². The van der Waals surface area contributed by atoms with Gasteiger partial charge in [0.15, 0.2) is 0 Å². The minimum atomic E-state index is -0.981. The second-order valence-corrected chi connectivity index (χ2v) is 6.16. The highest BCUT2D eigenvalue weighted by Crippen LogP contribution is 2.08. The van der Waals surface area contributed by atoms with Crippen LogP contribution in [0.4, 0.5) is 0 Å². The Labute approximate surface area is 155 Å². The van der Waals surface area contributed by atoms with Crippen LogP contribution in [-0.4, -0.2) is 27.0 Å². The third-order valence-electron chi connectivity index (χ3n) is 4.17. The number of para-hydroxylation sites is 1. The van der Waals surface area contributed by atoms with Crippen LogP contribution in [0.25, 0.3) is 10.9 Å². The van der Waals surface area contributed by atoms with E-state index in [0.29, 0.717) is 42.5 Å². The molecule has 0 aliphatic rings. The molecule has 3 aromatic rings. The number of rotatable bonds is 7. The summed E-state index contributed by atoms with van der Waals surface area (Å²) in [4.78, 5) is 41.9. The van der Waals surface area contributed by atoms with Gasteiger partial charge in [-0.2, -0.15) is 0 Å². The lowest BCUT2D eigenvalue weighted by atomic mass is 10.1. The van der Waals surface area contributed by atoms with Gasteiger partial charge in [0.2, 0.25) is 5.91 Å². The number of carbonyl (C=O) groups excluding carboxylic acids is 1. The molecule has 7 nitrogen and oxygen atoms in total. The summed E-state index contributed by atoms with van der Waals surface area (Å²) in [5, 5.41) is 12.2. The second kappa shape index (κ2) is 8.27. The minimum Gasteiger partial charge on any atom is -0.478 e. The molecule has 0 saturated carbocycles. The average molecular weight is 365 g/mol. The average Bonchev–Trinajstić information content (AvgIpc) is 2.67. The van der Waals surface area contributed by atoms with Crippen LogP contribution in [0.15, 0.2) is 53.3 Å². The van der Waals surface area contributed by atoms with E-state index < -0.39 is 5.97 Å². The molecule has 2 aromatic carbocycles. The van der Waals surface area contributed by atoms with Crippen LogP contribution in [0.3, 0.4) is 0 Å². The molecule has 3 N–H and O–H groups in total. The van der Waals surface area contributed by atoms with E-state index in [1.165, 1.54) is 12.1 Å². The topological polar surface area (TPSA) is 112 Å². The zero-order valence-corrected chi connectivity index (χ0v) is 14.6. The quantitative estimate of drug-likeness (QED) is 0.594. The zero-order chi connectivity index (χ0) is 19.2. The third kappa shape index (κ3) is 4.78. The van der Waals surface area contributed by atoms with Gasteiger partial charge in [0.05, 0.1) is 16.5 Å². The number of amides is 1. The van der Waals surface area contributed by atoms with Crippen molar-refractivity contribution in [3.63, 3.8) is 0 Å². The lowest BCUT2D eigenvalue weighted by molar-refractivity contribution is -0.121. The summed E-state index contributed by atoms with van der Waals surface area (Å²) in [5.41, 5.74) is 1.51. The molecule has 0 unspecified atom stereocenters. The molecule has 27 heavy (non-hydrogen) atoms. The van der Waals surface area contributed by atoms with Gasteiger partial charge in [-0.15, -0.1) is 0 Å². The Morgan fingerprint density at radius 3 is 2.56 bits per heavy atom. The minimum absolute atomic E-state index is 0.111. The number of aromatic amines is 1. The van der Waals surface area contributed by atoms with Crippen molar-refractivity contribution in [2.75, 3.05) is 0 Å². The maximum absolute atomic E-state index is 12.0. The van der Waals surface area contributed by atoms with Crippen molar-refractivity contribution >= 4 is 22.8 Å². The van der Waals surface area contributed by atoms with Crippen molar-refractivity contribution in [3.05, 3.63) is 75.8 Å². The standard InChI is InChI=1S/C20H19N3O4/c24-18(21-12-13-8-10-14(11-9-13)20(26)27)7-3-6-17-22-16-5-2-1-4-15(16)19(25)23-17/h1-2,4-5,8-11H,3,6-7,12H2,(H,21,24)(H,26,27)(H,22,23,25). The first-order valence-electron chi connectivity index (χ1n) is 8.60. The van der Waals surface area contributed by atoms with E-state index in [4.69, 9.17) is 5.11 Å². The predicted molar refractivity (Wildman–Crippen MR) is 101 cm³/mol. The summed E-state index contributed by atoms with van der Waals surface area (Å²) in [6.07, 6.45) is 1.37. The number of carboxylic acid groups (broad SMARTS) is 1. The van der Waals surface area contributed by atoms with E-state index in [1.54, 1.807) is 30.3 Å². The van der Waals surface area contributed by atoms with Gasteiger partial charge in [-0.25, -0.2) is 9.78 Å². The van der Waals surface area contributed by atoms with Gasteiger partial charge in [-0.3, -0.25) is 9.59 Å². The number of hydrogen-bond donors (Lipinski definition) is 3. The number of hydrogen-bond acceptors (Lipinski definition) is 4. The number of benzene rings is 2. The fourth-order valence-corrected chi connectivity index (χ4v) is 2.72. The highest BCUT2D eigenvalue weighted by Gasteiger charge is 2.06. The zero-order valence-electron chi connectivity index (χ0n) is 14.6. The number of fused-ring (bicyclic) bond motifs is 1. The van der Waals surface area contributed by atoms with E-state index in [2.05, 4.69) is 15.3 Å². The van der Waals surface area contributed by atoms with E-state index >= 15 is 0 Å². The molecule has 0 radical (unpaired) electrons. The van der Waals surface area contributed by atoms with Gasteiger partial charge in [0.25, 0.3) is 5.56 Å². The van der Waals surface area contributed by atoms with E-state index in [-0.39, 0.29) is 17.0 Å². The van der Waals surface area contributed by atoms with Crippen LogP contribution in [0, 0.1) is 0 Å². The van der Waals surface area contributed by atoms with Crippen LogP contribution in [0.1, 0.15) is 34.6 Å². The monoisotopic (exact) mass is 365 g/mol. The molecule has 0 bridgehead atoms. The molecular formula is C20H19N3O4. The summed E-state index contributed by atoms with van der Waals surface area (Å²) < 4.78 is 0. The molecule has 1 aromatic heterocycles. The Kier molecular flexibility index (Phi) is 5.61. The Bertz CT molecular complexity index is 1030. The first kappa shape index (κ1) is 18.3. The van der Waals surface area contributed by atoms with Crippen molar-refractivity contribution in [1.82, 2.24) is 15.3 Å². The largest absolute Gasteiger partial charge is 0.478 e. The number of aromatic nitrogens is 2. The van der Waals surface area contributed by atoms with Crippen molar-refractivity contribution in [2.24, 2.45) is 0 Å². The Balaban J connectivity index is 1.48. The van der Waals surface area contributed by atoms with Gasteiger partial charge < -0.3 is 15.4 Å². The molecule has 0 saturated heterocycles. The first-order valence-corrected chi connectivity index (χ1v) is 8.60. The van der Waals surface area contributed by atoms with Crippen molar-refractivity contribution in [2.45, 2.75) is 25.8 Å². The Morgan fingerprint density at radius 1 is 1.07 bits per heavy atom. The number of aromatic carboxylic acids is 1. The van der Waals surface area contributed by atoms with Crippen molar-refractivity contribution in [3.8, 4) is 0 Å². The molecule has 0 aliphatic heterocycles. The predicted octanol–water partition coefficient (Wildman–Crippen LogP) is 2.26. The first-order chi connectivity index (χ1) is 13.0. The van der Waals surface area contributed by atoms with Crippen LogP contribution in [0.2, 0.25) is 0 Å². The molecule has 3 rings (SSSR count). The molecule has 0 spiro atoms. The number of nitrogens with zero attached hydrogens (tertiary/aromatic N) is 1. The Hall–Kier alpha value is -3.48. The number of aryl methyl sites for hydroxylation is 1. The summed E-state index contributed by atoms with van der Waals surface area (Å²) in [7, 11) is 0. The summed E-state index contributed by atoms with van der Waals surface area (Å²) >= 11 is 0. The number of carbonyl (C=O) groups is 2. The summed E-state index contributed by atoms with van der Waals surface area (Å²) in [6.45, 7) is 0.337. The van der Waals surface area contributed by atoms with Gasteiger partial charge in [0.1, 0.15) is 5.82 Å². The van der Waals surface area contributed by atoms with E-state index in [0.717, 1.165) is 5.56 Å². The maximum Gasteiger partial charge on any atom is 0.335 e. The van der Waals surface area contributed by atoms with Crippen molar-refractivity contribution in [1.29, 1.82) is 0 Å². The fraction of sp³-hybridized carbons (Fsp3) is 0.200. The van der Waals surface area contributed by atoms with Crippen LogP contribution in [0.5, 0.6) is 0 Å².